The van der Waals surface area contributed by atoms with Crippen molar-refractivity contribution in [2.45, 2.75) is 25.3 Å². The van der Waals surface area contributed by atoms with E-state index < -0.39 is 0 Å². The van der Waals surface area contributed by atoms with Gasteiger partial charge in [0.2, 0.25) is 0 Å². The summed E-state index contributed by atoms with van der Waals surface area (Å²) in [5.41, 5.74) is 1.09. The Hall–Kier alpha value is -1.68. The molecule has 3 rings (SSSR count). The van der Waals surface area contributed by atoms with Crippen LogP contribution in [0.5, 0.6) is 0 Å². The fourth-order valence-electron chi connectivity index (χ4n) is 2.62. The molecule has 100 valence electrons. The van der Waals surface area contributed by atoms with Gasteiger partial charge in [0.05, 0.1) is 11.1 Å². The fraction of sp³-hybridized carbons (Fsp3) is 0.467. The molecule has 1 heterocycles. The zero-order chi connectivity index (χ0) is 13.4. The fourth-order valence-corrected chi connectivity index (χ4v) is 2.62. The molecule has 0 N–H and O–H groups in total. The van der Waals surface area contributed by atoms with Gasteiger partial charge in [0.25, 0.3) is 11.8 Å². The Kier molecular flexibility index (Phi) is 3.11. The Labute approximate surface area is 113 Å². The second-order valence-corrected chi connectivity index (χ2v) is 5.37. The van der Waals surface area contributed by atoms with Crippen LogP contribution in [0.2, 0.25) is 0 Å². The van der Waals surface area contributed by atoms with Crippen LogP contribution in [-0.2, 0) is 0 Å². The molecule has 1 aromatic rings. The summed E-state index contributed by atoms with van der Waals surface area (Å²) in [4.78, 5) is 27.9. The Morgan fingerprint density at radius 2 is 1.74 bits per heavy atom. The van der Waals surface area contributed by atoms with Crippen LogP contribution in [0.4, 0.5) is 0 Å². The van der Waals surface area contributed by atoms with Gasteiger partial charge in [0.1, 0.15) is 0 Å². The number of fused-ring (bicyclic) bond motifs is 1. The van der Waals surface area contributed by atoms with E-state index in [-0.39, 0.29) is 11.8 Å². The van der Waals surface area contributed by atoms with Crippen molar-refractivity contribution in [2.24, 2.45) is 0 Å². The third kappa shape index (κ3) is 2.28. The summed E-state index contributed by atoms with van der Waals surface area (Å²) in [7, 11) is 2.11. The maximum absolute atomic E-state index is 12.1. The number of carbonyl (C=O) groups excluding carboxylic acids is 2. The number of carbonyl (C=O) groups is 2. The molecule has 1 aliphatic heterocycles. The van der Waals surface area contributed by atoms with Gasteiger partial charge < -0.3 is 4.90 Å². The lowest BCUT2D eigenvalue weighted by Crippen LogP contribution is -2.33. The molecule has 4 heteroatoms. The number of rotatable bonds is 5. The summed E-state index contributed by atoms with van der Waals surface area (Å²) in [6, 6.07) is 7.78. The van der Waals surface area contributed by atoms with E-state index in [2.05, 4.69) is 11.9 Å². The summed E-state index contributed by atoms with van der Waals surface area (Å²) < 4.78 is 0. The van der Waals surface area contributed by atoms with Crippen molar-refractivity contribution in [1.82, 2.24) is 9.80 Å². The van der Waals surface area contributed by atoms with Crippen molar-refractivity contribution in [2.75, 3.05) is 20.1 Å². The molecule has 1 aliphatic carbocycles. The van der Waals surface area contributed by atoms with Crippen LogP contribution in [-0.4, -0.2) is 47.8 Å². The van der Waals surface area contributed by atoms with Crippen LogP contribution in [0.1, 0.15) is 40.0 Å². The van der Waals surface area contributed by atoms with Crippen LogP contribution >= 0.6 is 0 Å². The minimum atomic E-state index is -0.144. The zero-order valence-electron chi connectivity index (χ0n) is 11.1. The normalized spacial score (nSPS) is 18.3. The Morgan fingerprint density at radius 1 is 1.16 bits per heavy atom. The first-order valence-electron chi connectivity index (χ1n) is 6.84. The van der Waals surface area contributed by atoms with Crippen LogP contribution in [0.25, 0.3) is 0 Å². The van der Waals surface area contributed by atoms with Gasteiger partial charge >= 0.3 is 0 Å². The van der Waals surface area contributed by atoms with Crippen LogP contribution in [0, 0.1) is 0 Å². The quantitative estimate of drug-likeness (QED) is 0.756. The summed E-state index contributed by atoms with van der Waals surface area (Å²) in [6.07, 6.45) is 3.41. The van der Waals surface area contributed by atoms with Crippen molar-refractivity contribution in [3.63, 3.8) is 0 Å². The third-order valence-corrected chi connectivity index (χ3v) is 3.94. The highest BCUT2D eigenvalue weighted by Gasteiger charge is 2.34. The van der Waals surface area contributed by atoms with Gasteiger partial charge in [-0.25, -0.2) is 0 Å². The first-order valence-corrected chi connectivity index (χ1v) is 6.84. The topological polar surface area (TPSA) is 40.6 Å². The summed E-state index contributed by atoms with van der Waals surface area (Å²) in [6.45, 7) is 1.46. The minimum Gasteiger partial charge on any atom is -0.303 e. The van der Waals surface area contributed by atoms with E-state index in [1.165, 1.54) is 17.7 Å². The Balaban J connectivity index is 1.60. The van der Waals surface area contributed by atoms with Crippen molar-refractivity contribution < 1.29 is 9.59 Å². The highest BCUT2D eigenvalue weighted by atomic mass is 16.2. The third-order valence-electron chi connectivity index (χ3n) is 3.94. The van der Waals surface area contributed by atoms with Crippen molar-refractivity contribution in [3.8, 4) is 0 Å². The Morgan fingerprint density at radius 3 is 2.26 bits per heavy atom. The molecule has 4 nitrogen and oxygen atoms in total. The van der Waals surface area contributed by atoms with E-state index in [0.29, 0.717) is 17.7 Å². The lowest BCUT2D eigenvalue weighted by Gasteiger charge is -2.18. The van der Waals surface area contributed by atoms with E-state index >= 15 is 0 Å². The van der Waals surface area contributed by atoms with Gasteiger partial charge in [-0.2, -0.15) is 0 Å². The van der Waals surface area contributed by atoms with Crippen LogP contribution in [0.15, 0.2) is 24.3 Å². The smallest absolute Gasteiger partial charge is 0.261 e. The molecule has 1 aromatic carbocycles. The molecule has 0 unspecified atom stereocenters. The number of amides is 2. The second kappa shape index (κ2) is 4.78. The maximum Gasteiger partial charge on any atom is 0.261 e. The molecule has 0 bridgehead atoms. The van der Waals surface area contributed by atoms with Gasteiger partial charge in [-0.15, -0.1) is 0 Å². The number of nitrogens with zero attached hydrogens (tertiary/aromatic N) is 2. The summed E-state index contributed by atoms with van der Waals surface area (Å²) in [5.74, 6) is -0.288. The lowest BCUT2D eigenvalue weighted by molar-refractivity contribution is 0.0648. The van der Waals surface area contributed by atoms with E-state index in [1.54, 1.807) is 24.3 Å². The first kappa shape index (κ1) is 12.4. The molecular formula is C15H18N2O2. The maximum atomic E-state index is 12.1. The molecular weight excluding hydrogens is 240 g/mol. The molecule has 1 saturated carbocycles. The van der Waals surface area contributed by atoms with Crippen LogP contribution < -0.4 is 0 Å². The molecule has 2 amide bonds. The average molecular weight is 258 g/mol. The number of hydrogen-bond acceptors (Lipinski definition) is 3. The van der Waals surface area contributed by atoms with Gasteiger partial charge in [-0.3, -0.25) is 14.5 Å². The van der Waals surface area contributed by atoms with E-state index in [0.717, 1.165) is 19.0 Å². The predicted octanol–water partition coefficient (Wildman–Crippen LogP) is 1.77. The molecule has 0 atom stereocenters. The molecule has 0 spiro atoms. The van der Waals surface area contributed by atoms with Gasteiger partial charge in [0.15, 0.2) is 0 Å². The average Bonchev–Trinajstić information content (AvgIpc) is 3.23. The van der Waals surface area contributed by atoms with Crippen molar-refractivity contribution in [3.05, 3.63) is 35.4 Å². The molecule has 0 saturated heterocycles. The largest absolute Gasteiger partial charge is 0.303 e. The second-order valence-electron chi connectivity index (χ2n) is 5.37. The zero-order valence-corrected chi connectivity index (χ0v) is 11.1. The highest BCUT2D eigenvalue weighted by Crippen LogP contribution is 2.26. The first-order chi connectivity index (χ1) is 9.18. The van der Waals surface area contributed by atoms with E-state index in [9.17, 15) is 9.59 Å². The summed E-state index contributed by atoms with van der Waals surface area (Å²) in [5, 5.41) is 0. The number of benzene rings is 1. The van der Waals surface area contributed by atoms with Crippen molar-refractivity contribution in [1.29, 1.82) is 0 Å². The standard InChI is InChI=1S/C15H18N2O2/c1-16(11-7-8-11)9-4-10-17-14(18)12-5-2-3-6-13(12)15(17)19/h2-3,5-6,11H,4,7-10H2,1H3. The number of imide groups is 1. The highest BCUT2D eigenvalue weighted by molar-refractivity contribution is 6.21. The SMILES string of the molecule is CN(CCCN1C(=O)c2ccccc2C1=O)C1CC1. The van der Waals surface area contributed by atoms with Gasteiger partial charge in [-0.05, 0) is 45.0 Å². The molecule has 0 radical (unpaired) electrons. The molecule has 19 heavy (non-hydrogen) atoms. The monoisotopic (exact) mass is 258 g/mol. The van der Waals surface area contributed by atoms with E-state index in [4.69, 9.17) is 0 Å². The molecule has 0 aromatic heterocycles. The lowest BCUT2D eigenvalue weighted by atomic mass is 10.1. The van der Waals surface area contributed by atoms with E-state index in [1.807, 2.05) is 0 Å². The summed E-state index contributed by atoms with van der Waals surface area (Å²) >= 11 is 0. The predicted molar refractivity (Wildman–Crippen MR) is 72.1 cm³/mol. The molecule has 1 fully saturated rings. The van der Waals surface area contributed by atoms with Crippen molar-refractivity contribution >= 4 is 11.8 Å². The van der Waals surface area contributed by atoms with Crippen LogP contribution in [0.3, 0.4) is 0 Å². The molecule has 2 aliphatic rings. The van der Waals surface area contributed by atoms with Gasteiger partial charge in [0, 0.05) is 12.6 Å². The number of hydrogen-bond donors (Lipinski definition) is 0. The Bertz CT molecular complexity index is 488. The van der Waals surface area contributed by atoms with Gasteiger partial charge in [-0.1, -0.05) is 12.1 Å². The minimum absolute atomic E-state index is 0.144.